The number of hydroxylamine groups is 1. The van der Waals surface area contributed by atoms with Gasteiger partial charge in [0.1, 0.15) is 5.15 Å². The van der Waals surface area contributed by atoms with E-state index in [9.17, 15) is 13.2 Å². The Hall–Kier alpha value is -2.60. The number of pyridine rings is 1. The largest absolute Gasteiger partial charge is 0.378 e. The zero-order chi connectivity index (χ0) is 23.3. The van der Waals surface area contributed by atoms with Crippen LogP contribution in [-0.4, -0.2) is 65.5 Å². The van der Waals surface area contributed by atoms with Crippen LogP contribution in [0.4, 0.5) is 22.7 Å². The van der Waals surface area contributed by atoms with Gasteiger partial charge in [0.25, 0.3) is 5.91 Å². The van der Waals surface area contributed by atoms with Crippen molar-refractivity contribution < 1.29 is 22.8 Å². The molecule has 3 rings (SSSR count). The number of hydrogen-bond donors (Lipinski definition) is 2. The summed E-state index contributed by atoms with van der Waals surface area (Å²) in [6.07, 6.45) is 2.45. The molecule has 1 fully saturated rings. The van der Waals surface area contributed by atoms with Crippen molar-refractivity contribution in [1.29, 1.82) is 0 Å². The number of halogens is 1. The number of carbonyl (C=O) groups is 1. The number of rotatable bonds is 8. The quantitative estimate of drug-likeness (QED) is 0.434. The molecule has 2 heterocycles. The van der Waals surface area contributed by atoms with Crippen molar-refractivity contribution in [2.24, 2.45) is 0 Å². The molecule has 1 saturated heterocycles. The topological polar surface area (TPSA) is 113 Å². The first-order valence-corrected chi connectivity index (χ1v) is 12.2. The average molecular weight is 484 g/mol. The van der Waals surface area contributed by atoms with Gasteiger partial charge in [0.15, 0.2) is 0 Å². The van der Waals surface area contributed by atoms with Crippen LogP contribution >= 0.6 is 11.6 Å². The fourth-order valence-electron chi connectivity index (χ4n) is 3.14. The minimum atomic E-state index is -3.55. The van der Waals surface area contributed by atoms with Crippen LogP contribution in [-0.2, 0) is 19.6 Å². The molecule has 1 aliphatic heterocycles. The van der Waals surface area contributed by atoms with E-state index in [0.29, 0.717) is 50.0 Å². The summed E-state index contributed by atoms with van der Waals surface area (Å²) < 4.78 is 31.2. The Bertz CT molecular complexity index is 1080. The van der Waals surface area contributed by atoms with Gasteiger partial charge in [-0.15, -0.1) is 0 Å². The number of benzene rings is 1. The maximum absolute atomic E-state index is 12.5. The smallest absolute Gasteiger partial charge is 0.278 e. The average Bonchev–Trinajstić information content (AvgIpc) is 2.77. The van der Waals surface area contributed by atoms with Gasteiger partial charge in [-0.25, -0.2) is 18.9 Å². The van der Waals surface area contributed by atoms with Crippen LogP contribution in [0.2, 0.25) is 5.15 Å². The van der Waals surface area contributed by atoms with Crippen molar-refractivity contribution in [3.05, 3.63) is 41.2 Å². The first-order valence-electron chi connectivity index (χ1n) is 9.96. The summed E-state index contributed by atoms with van der Waals surface area (Å²) >= 11 is 6.05. The normalized spacial score (nSPS) is 14.2. The van der Waals surface area contributed by atoms with Gasteiger partial charge < -0.3 is 15.0 Å². The molecule has 0 aliphatic carbocycles. The number of ether oxygens (including phenoxy) is 1. The third kappa shape index (κ3) is 5.80. The summed E-state index contributed by atoms with van der Waals surface area (Å²) in [6.45, 7) is 4.65. The van der Waals surface area contributed by atoms with Crippen molar-refractivity contribution in [1.82, 2.24) is 10.5 Å². The van der Waals surface area contributed by atoms with Gasteiger partial charge in [-0.05, 0) is 31.2 Å². The van der Waals surface area contributed by atoms with Crippen LogP contribution < -0.4 is 20.0 Å². The third-order valence-electron chi connectivity index (χ3n) is 4.89. The zero-order valence-electron chi connectivity index (χ0n) is 18.1. The van der Waals surface area contributed by atoms with E-state index in [-0.39, 0.29) is 10.7 Å². The molecule has 1 amide bonds. The van der Waals surface area contributed by atoms with E-state index in [1.54, 1.807) is 19.1 Å². The summed E-state index contributed by atoms with van der Waals surface area (Å²) in [5.41, 5.74) is 4.62. The minimum absolute atomic E-state index is 0.170. The lowest BCUT2D eigenvalue weighted by Crippen LogP contribution is -2.36. The highest BCUT2D eigenvalue weighted by Crippen LogP contribution is 2.35. The van der Waals surface area contributed by atoms with E-state index in [2.05, 4.69) is 20.7 Å². The molecule has 10 nitrogen and oxygen atoms in total. The lowest BCUT2D eigenvalue weighted by Gasteiger charge is -2.30. The van der Waals surface area contributed by atoms with Gasteiger partial charge in [0, 0.05) is 32.0 Å². The first-order chi connectivity index (χ1) is 15.2. The molecule has 32 heavy (non-hydrogen) atoms. The maximum Gasteiger partial charge on any atom is 0.278 e. The molecule has 174 valence electrons. The summed E-state index contributed by atoms with van der Waals surface area (Å²) in [7, 11) is -2.08. The number of sulfonamides is 1. The Morgan fingerprint density at radius 2 is 2.00 bits per heavy atom. The van der Waals surface area contributed by atoms with E-state index in [1.165, 1.54) is 23.6 Å². The van der Waals surface area contributed by atoms with Gasteiger partial charge in [-0.3, -0.25) is 13.9 Å². The second-order valence-electron chi connectivity index (χ2n) is 7.07. The van der Waals surface area contributed by atoms with Crippen LogP contribution in [0.5, 0.6) is 0 Å². The number of anilines is 4. The van der Waals surface area contributed by atoms with Crippen molar-refractivity contribution in [3.63, 3.8) is 0 Å². The van der Waals surface area contributed by atoms with E-state index in [1.807, 2.05) is 6.07 Å². The highest BCUT2D eigenvalue weighted by molar-refractivity contribution is 7.92. The molecule has 12 heteroatoms. The summed E-state index contributed by atoms with van der Waals surface area (Å²) in [5, 5.41) is 3.30. The van der Waals surface area contributed by atoms with E-state index in [4.69, 9.17) is 21.2 Å². The number of nitrogens with one attached hydrogen (secondary N) is 2. The molecule has 2 N–H and O–H groups in total. The van der Waals surface area contributed by atoms with Crippen LogP contribution in [0.15, 0.2) is 30.5 Å². The number of aromatic nitrogens is 1. The predicted molar refractivity (Wildman–Crippen MR) is 124 cm³/mol. The second kappa shape index (κ2) is 10.3. The molecule has 0 unspecified atom stereocenters. The second-order valence-corrected chi connectivity index (χ2v) is 9.47. The number of nitrogens with zero attached hydrogens (tertiary/aromatic N) is 3. The van der Waals surface area contributed by atoms with Gasteiger partial charge in [0.05, 0.1) is 48.7 Å². The molecule has 1 aliphatic rings. The molecule has 2 aromatic rings. The summed E-state index contributed by atoms with van der Waals surface area (Å²) in [4.78, 5) is 23.6. The fourth-order valence-corrected chi connectivity index (χ4v) is 3.80. The van der Waals surface area contributed by atoms with Gasteiger partial charge in [0.2, 0.25) is 10.0 Å². The van der Waals surface area contributed by atoms with E-state index in [0.717, 1.165) is 11.9 Å². The number of amides is 1. The zero-order valence-corrected chi connectivity index (χ0v) is 19.7. The van der Waals surface area contributed by atoms with Gasteiger partial charge in [-0.1, -0.05) is 11.6 Å². The Balaban J connectivity index is 2.02. The van der Waals surface area contributed by atoms with Crippen molar-refractivity contribution in [3.8, 4) is 0 Å². The maximum atomic E-state index is 12.5. The summed E-state index contributed by atoms with van der Waals surface area (Å²) in [6, 6.07) is 6.93. The van der Waals surface area contributed by atoms with Crippen molar-refractivity contribution in [2.45, 2.75) is 6.92 Å². The van der Waals surface area contributed by atoms with Crippen LogP contribution in [0.25, 0.3) is 0 Å². The predicted octanol–water partition coefficient (Wildman–Crippen LogP) is 2.39. The highest BCUT2D eigenvalue weighted by Gasteiger charge is 2.21. The van der Waals surface area contributed by atoms with E-state index < -0.39 is 15.9 Å². The van der Waals surface area contributed by atoms with Crippen molar-refractivity contribution >= 4 is 50.3 Å². The standard InChI is InChI=1S/C20H26ClN5O5S/c1-4-31-24-20(27)15-13-22-19(21)12-17(15)23-16-6-5-14(26-7-9-30-10-8-26)11-18(16)25(2)32(3,28)29/h5-6,11-13H,4,7-10H2,1-3H3,(H,22,23)(H,24,27). The molecule has 1 aromatic heterocycles. The Labute approximate surface area is 192 Å². The Morgan fingerprint density at radius 1 is 1.28 bits per heavy atom. The van der Waals surface area contributed by atoms with Crippen LogP contribution in [0.3, 0.4) is 0 Å². The number of hydrogen-bond acceptors (Lipinski definition) is 8. The van der Waals surface area contributed by atoms with Crippen LogP contribution in [0.1, 0.15) is 17.3 Å². The summed E-state index contributed by atoms with van der Waals surface area (Å²) in [5.74, 6) is -0.513. The minimum Gasteiger partial charge on any atom is -0.378 e. The highest BCUT2D eigenvalue weighted by atomic mass is 35.5. The third-order valence-corrected chi connectivity index (χ3v) is 6.29. The fraction of sp³-hybridized carbons (Fsp3) is 0.400. The molecule has 0 saturated carbocycles. The van der Waals surface area contributed by atoms with Crippen molar-refractivity contribution in [2.75, 3.05) is 60.7 Å². The number of morpholine rings is 1. The molecular weight excluding hydrogens is 458 g/mol. The first kappa shape index (κ1) is 24.1. The number of carbonyl (C=O) groups excluding carboxylic acids is 1. The lowest BCUT2D eigenvalue weighted by atomic mass is 10.1. The molecular formula is C20H26ClN5O5S. The van der Waals surface area contributed by atoms with Crippen LogP contribution in [0, 0.1) is 0 Å². The lowest BCUT2D eigenvalue weighted by molar-refractivity contribution is 0.0365. The molecule has 1 aromatic carbocycles. The monoisotopic (exact) mass is 483 g/mol. The van der Waals surface area contributed by atoms with Gasteiger partial charge >= 0.3 is 0 Å². The Morgan fingerprint density at radius 3 is 2.66 bits per heavy atom. The molecule has 0 spiro atoms. The van der Waals surface area contributed by atoms with Gasteiger partial charge in [-0.2, -0.15) is 0 Å². The Kier molecular flexibility index (Phi) is 7.77. The van der Waals surface area contributed by atoms with E-state index >= 15 is 0 Å². The SMILES string of the molecule is CCONC(=O)c1cnc(Cl)cc1Nc1ccc(N2CCOCC2)cc1N(C)S(C)(=O)=O. The molecule has 0 bridgehead atoms. The molecule has 0 atom stereocenters. The molecule has 0 radical (unpaired) electrons.